The van der Waals surface area contributed by atoms with E-state index in [0.29, 0.717) is 12.8 Å². The molecular weight excluding hydrogens is 188 g/mol. The second kappa shape index (κ2) is 7.69. The van der Waals surface area contributed by atoms with Crippen molar-refractivity contribution in [3.8, 4) is 0 Å². The van der Waals surface area contributed by atoms with Crippen LogP contribution >= 0.6 is 0 Å². The van der Waals surface area contributed by atoms with Crippen LogP contribution in [0.25, 0.3) is 0 Å². The van der Waals surface area contributed by atoms with Gasteiger partial charge in [-0.3, -0.25) is 4.79 Å². The average Bonchev–Trinajstić information content (AvgIpc) is 2.27. The third-order valence-corrected chi connectivity index (χ3v) is 3.03. The van der Waals surface area contributed by atoms with E-state index in [4.69, 9.17) is 5.73 Å². The molecule has 0 heterocycles. The van der Waals surface area contributed by atoms with E-state index >= 15 is 0 Å². The molecule has 0 fully saturated rings. The van der Waals surface area contributed by atoms with Crippen LogP contribution in [0.2, 0.25) is 0 Å². The Morgan fingerprint density at radius 2 is 1.73 bits per heavy atom. The molecule has 0 aliphatic rings. The standard InChI is InChI=1S/C12H26N2O/c1-4-7-8-9-10-14-11(15)12(13,5-2)6-3/h4-10,13H2,1-3H3,(H,14,15). The number of nitrogens with two attached hydrogens (primary N) is 1. The van der Waals surface area contributed by atoms with Gasteiger partial charge in [0, 0.05) is 6.54 Å². The fourth-order valence-electron chi connectivity index (χ4n) is 1.50. The Balaban J connectivity index is 3.73. The van der Waals surface area contributed by atoms with Gasteiger partial charge in [0.05, 0.1) is 5.54 Å². The molecule has 0 aromatic carbocycles. The normalized spacial score (nSPS) is 11.5. The maximum Gasteiger partial charge on any atom is 0.240 e. The molecule has 15 heavy (non-hydrogen) atoms. The summed E-state index contributed by atoms with van der Waals surface area (Å²) in [5.74, 6) is 0.00370. The molecular formula is C12H26N2O. The topological polar surface area (TPSA) is 55.1 Å². The van der Waals surface area contributed by atoms with Gasteiger partial charge < -0.3 is 11.1 Å². The van der Waals surface area contributed by atoms with Crippen molar-refractivity contribution in [1.29, 1.82) is 0 Å². The minimum Gasteiger partial charge on any atom is -0.355 e. The Morgan fingerprint density at radius 3 is 2.20 bits per heavy atom. The van der Waals surface area contributed by atoms with E-state index in [1.54, 1.807) is 0 Å². The van der Waals surface area contributed by atoms with Crippen molar-refractivity contribution in [3.63, 3.8) is 0 Å². The lowest BCUT2D eigenvalue weighted by molar-refractivity contribution is -0.126. The minimum atomic E-state index is -0.662. The van der Waals surface area contributed by atoms with Crippen LogP contribution < -0.4 is 11.1 Å². The molecule has 90 valence electrons. The van der Waals surface area contributed by atoms with Crippen LogP contribution in [0.1, 0.15) is 59.3 Å². The van der Waals surface area contributed by atoms with Gasteiger partial charge in [0.1, 0.15) is 0 Å². The summed E-state index contributed by atoms with van der Waals surface area (Å²) >= 11 is 0. The maximum atomic E-state index is 11.7. The van der Waals surface area contributed by atoms with Gasteiger partial charge in [-0.25, -0.2) is 0 Å². The van der Waals surface area contributed by atoms with Crippen molar-refractivity contribution in [2.24, 2.45) is 5.73 Å². The highest BCUT2D eigenvalue weighted by Gasteiger charge is 2.29. The Morgan fingerprint density at radius 1 is 1.13 bits per heavy atom. The third-order valence-electron chi connectivity index (χ3n) is 3.03. The van der Waals surface area contributed by atoms with Crippen molar-refractivity contribution < 1.29 is 4.79 Å². The van der Waals surface area contributed by atoms with Crippen LogP contribution in [0, 0.1) is 0 Å². The molecule has 0 unspecified atom stereocenters. The number of nitrogens with one attached hydrogen (secondary N) is 1. The van der Waals surface area contributed by atoms with Crippen LogP contribution in [-0.4, -0.2) is 18.0 Å². The maximum absolute atomic E-state index is 11.7. The van der Waals surface area contributed by atoms with E-state index in [1.165, 1.54) is 19.3 Å². The van der Waals surface area contributed by atoms with Gasteiger partial charge in [0.15, 0.2) is 0 Å². The predicted molar refractivity (Wildman–Crippen MR) is 64.7 cm³/mol. The van der Waals surface area contributed by atoms with Crippen LogP contribution in [0.3, 0.4) is 0 Å². The summed E-state index contributed by atoms with van der Waals surface area (Å²) in [5.41, 5.74) is 5.31. The lowest BCUT2D eigenvalue weighted by Crippen LogP contribution is -2.53. The summed E-state index contributed by atoms with van der Waals surface area (Å²) in [6.07, 6.45) is 6.11. The molecule has 0 aliphatic heterocycles. The molecule has 0 saturated heterocycles. The first-order valence-corrected chi connectivity index (χ1v) is 6.17. The summed E-state index contributed by atoms with van der Waals surface area (Å²) < 4.78 is 0. The summed E-state index contributed by atoms with van der Waals surface area (Å²) in [6, 6.07) is 0. The van der Waals surface area contributed by atoms with Crippen LogP contribution in [0.5, 0.6) is 0 Å². The Hall–Kier alpha value is -0.570. The molecule has 3 heteroatoms. The second-order valence-electron chi connectivity index (χ2n) is 4.18. The fourth-order valence-corrected chi connectivity index (χ4v) is 1.50. The second-order valence-corrected chi connectivity index (χ2v) is 4.18. The number of unbranched alkanes of at least 4 members (excludes halogenated alkanes) is 3. The van der Waals surface area contributed by atoms with E-state index in [9.17, 15) is 4.79 Å². The Kier molecular flexibility index (Phi) is 7.39. The average molecular weight is 214 g/mol. The van der Waals surface area contributed by atoms with Crippen molar-refractivity contribution in [1.82, 2.24) is 5.32 Å². The first-order valence-electron chi connectivity index (χ1n) is 6.17. The molecule has 0 spiro atoms. The Bertz CT molecular complexity index is 176. The lowest BCUT2D eigenvalue weighted by Gasteiger charge is -2.25. The molecule has 0 aromatic heterocycles. The highest BCUT2D eigenvalue weighted by atomic mass is 16.2. The highest BCUT2D eigenvalue weighted by molar-refractivity contribution is 5.85. The van der Waals surface area contributed by atoms with Gasteiger partial charge >= 0.3 is 0 Å². The van der Waals surface area contributed by atoms with Gasteiger partial charge in [-0.1, -0.05) is 40.0 Å². The molecule has 0 aromatic rings. The summed E-state index contributed by atoms with van der Waals surface area (Å²) in [4.78, 5) is 11.7. The van der Waals surface area contributed by atoms with Gasteiger partial charge in [-0.15, -0.1) is 0 Å². The molecule has 0 rings (SSSR count). The number of hydrogen-bond acceptors (Lipinski definition) is 2. The largest absolute Gasteiger partial charge is 0.355 e. The quantitative estimate of drug-likeness (QED) is 0.609. The summed E-state index contributed by atoms with van der Waals surface area (Å²) in [6.45, 7) is 6.86. The molecule has 0 saturated carbocycles. The van der Waals surface area contributed by atoms with Gasteiger partial charge in [0.2, 0.25) is 5.91 Å². The first kappa shape index (κ1) is 14.4. The summed E-state index contributed by atoms with van der Waals surface area (Å²) in [5, 5.41) is 2.92. The van der Waals surface area contributed by atoms with E-state index in [2.05, 4.69) is 12.2 Å². The molecule has 0 bridgehead atoms. The molecule has 0 radical (unpaired) electrons. The lowest BCUT2D eigenvalue weighted by atomic mass is 9.93. The number of carbonyl (C=O) groups excluding carboxylic acids is 1. The smallest absolute Gasteiger partial charge is 0.240 e. The zero-order valence-electron chi connectivity index (χ0n) is 10.4. The number of carbonyl (C=O) groups is 1. The molecule has 3 N–H and O–H groups in total. The molecule has 0 aliphatic carbocycles. The van der Waals surface area contributed by atoms with E-state index < -0.39 is 5.54 Å². The van der Waals surface area contributed by atoms with Crippen LogP contribution in [-0.2, 0) is 4.79 Å². The zero-order chi connectivity index (χ0) is 11.7. The SMILES string of the molecule is CCCCCCNC(=O)C(N)(CC)CC. The number of amides is 1. The van der Waals surface area contributed by atoms with Crippen molar-refractivity contribution in [3.05, 3.63) is 0 Å². The minimum absolute atomic E-state index is 0.00370. The van der Waals surface area contributed by atoms with E-state index in [-0.39, 0.29) is 5.91 Å². The Labute approximate surface area is 93.8 Å². The molecule has 1 amide bonds. The fraction of sp³-hybridized carbons (Fsp3) is 0.917. The predicted octanol–water partition coefficient (Wildman–Crippen LogP) is 2.20. The third kappa shape index (κ3) is 5.17. The summed E-state index contributed by atoms with van der Waals surface area (Å²) in [7, 11) is 0. The monoisotopic (exact) mass is 214 g/mol. The van der Waals surface area contributed by atoms with E-state index in [1.807, 2.05) is 13.8 Å². The van der Waals surface area contributed by atoms with Crippen molar-refractivity contribution >= 4 is 5.91 Å². The van der Waals surface area contributed by atoms with Crippen molar-refractivity contribution in [2.75, 3.05) is 6.54 Å². The van der Waals surface area contributed by atoms with Gasteiger partial charge in [0.25, 0.3) is 0 Å². The number of rotatable bonds is 8. The molecule has 3 nitrogen and oxygen atoms in total. The highest BCUT2D eigenvalue weighted by Crippen LogP contribution is 2.11. The van der Waals surface area contributed by atoms with Crippen molar-refractivity contribution in [2.45, 2.75) is 64.8 Å². The zero-order valence-corrected chi connectivity index (χ0v) is 10.4. The van der Waals surface area contributed by atoms with Gasteiger partial charge in [-0.2, -0.15) is 0 Å². The van der Waals surface area contributed by atoms with Gasteiger partial charge in [-0.05, 0) is 19.3 Å². The first-order chi connectivity index (χ1) is 7.10. The van der Waals surface area contributed by atoms with Crippen LogP contribution in [0.4, 0.5) is 0 Å². The number of hydrogen-bond donors (Lipinski definition) is 2. The van der Waals surface area contributed by atoms with Crippen LogP contribution in [0.15, 0.2) is 0 Å². The molecule has 0 atom stereocenters. The van der Waals surface area contributed by atoms with E-state index in [0.717, 1.165) is 13.0 Å².